The fraction of sp³-hybridized carbons (Fsp3) is 1.00. The first-order valence-corrected chi connectivity index (χ1v) is 3.53. The van der Waals surface area contributed by atoms with Crippen molar-refractivity contribution in [3.63, 3.8) is 0 Å². The Hall–Kier alpha value is -0.120. The van der Waals surface area contributed by atoms with E-state index in [0.717, 1.165) is 25.9 Å². The first-order chi connectivity index (χ1) is 4.34. The molecule has 2 N–H and O–H groups in total. The van der Waals surface area contributed by atoms with E-state index >= 15 is 0 Å². The summed E-state index contributed by atoms with van der Waals surface area (Å²) in [6.45, 7) is 3.91. The molecule has 1 unspecified atom stereocenters. The van der Waals surface area contributed by atoms with Gasteiger partial charge < -0.3 is 5.11 Å². The minimum absolute atomic E-state index is 0.245. The van der Waals surface area contributed by atoms with Crippen LogP contribution in [0.15, 0.2) is 0 Å². The molecule has 3 nitrogen and oxygen atoms in total. The monoisotopic (exact) mass is 130 g/mol. The van der Waals surface area contributed by atoms with E-state index in [0.29, 0.717) is 0 Å². The van der Waals surface area contributed by atoms with E-state index in [2.05, 4.69) is 5.43 Å². The molecule has 1 aliphatic heterocycles. The summed E-state index contributed by atoms with van der Waals surface area (Å²) in [6.07, 6.45) is 1.77. The second-order valence-electron chi connectivity index (χ2n) is 2.33. The van der Waals surface area contributed by atoms with Gasteiger partial charge in [-0.05, 0) is 12.8 Å². The number of rotatable bonds is 2. The molecule has 0 radical (unpaired) electrons. The standard InChI is InChI=1S/C6H14N2O/c1-2-7-8-5-3-4-6(8)9/h6-7,9H,2-5H2,1H3. The molecule has 0 aromatic rings. The summed E-state index contributed by atoms with van der Waals surface area (Å²) in [5.74, 6) is 0. The van der Waals surface area contributed by atoms with E-state index in [1.54, 1.807) is 0 Å². The van der Waals surface area contributed by atoms with Crippen molar-refractivity contribution in [1.29, 1.82) is 0 Å². The van der Waals surface area contributed by atoms with Crippen LogP contribution in [0.1, 0.15) is 19.8 Å². The quantitative estimate of drug-likeness (QED) is 0.549. The summed E-state index contributed by atoms with van der Waals surface area (Å²) in [5, 5.41) is 11.1. The summed E-state index contributed by atoms with van der Waals surface area (Å²) in [5.41, 5.74) is 3.08. The summed E-state index contributed by atoms with van der Waals surface area (Å²) < 4.78 is 0. The van der Waals surface area contributed by atoms with Gasteiger partial charge in [0.15, 0.2) is 0 Å². The highest BCUT2D eigenvalue weighted by molar-refractivity contribution is 4.65. The maximum atomic E-state index is 9.18. The number of hydrogen-bond donors (Lipinski definition) is 2. The van der Waals surface area contributed by atoms with Crippen LogP contribution in [0.5, 0.6) is 0 Å². The Bertz CT molecular complexity index is 87.1. The summed E-state index contributed by atoms with van der Waals surface area (Å²) in [4.78, 5) is 0. The lowest BCUT2D eigenvalue weighted by atomic mass is 10.4. The van der Waals surface area contributed by atoms with E-state index in [-0.39, 0.29) is 6.23 Å². The summed E-state index contributed by atoms with van der Waals surface area (Å²) in [7, 11) is 0. The van der Waals surface area contributed by atoms with Crippen LogP contribution >= 0.6 is 0 Å². The molecule has 1 heterocycles. The van der Waals surface area contributed by atoms with Gasteiger partial charge >= 0.3 is 0 Å². The molecule has 1 aliphatic rings. The van der Waals surface area contributed by atoms with Crippen molar-refractivity contribution < 1.29 is 5.11 Å². The van der Waals surface area contributed by atoms with Gasteiger partial charge in [0, 0.05) is 13.1 Å². The van der Waals surface area contributed by atoms with Crippen molar-refractivity contribution in [3.8, 4) is 0 Å². The van der Waals surface area contributed by atoms with Gasteiger partial charge in [0.2, 0.25) is 0 Å². The minimum atomic E-state index is -0.245. The van der Waals surface area contributed by atoms with Crippen molar-refractivity contribution in [2.45, 2.75) is 26.0 Å². The van der Waals surface area contributed by atoms with Crippen molar-refractivity contribution >= 4 is 0 Å². The molecule has 1 saturated heterocycles. The van der Waals surface area contributed by atoms with E-state index in [4.69, 9.17) is 0 Å². The SMILES string of the molecule is CCNN1CCCC1O. The molecule has 0 aliphatic carbocycles. The lowest BCUT2D eigenvalue weighted by Crippen LogP contribution is -2.41. The van der Waals surface area contributed by atoms with Crippen molar-refractivity contribution in [2.24, 2.45) is 0 Å². The Morgan fingerprint density at radius 2 is 2.56 bits per heavy atom. The van der Waals surface area contributed by atoms with Gasteiger partial charge in [0.05, 0.1) is 0 Å². The van der Waals surface area contributed by atoms with E-state index in [1.165, 1.54) is 0 Å². The van der Waals surface area contributed by atoms with Crippen molar-refractivity contribution in [3.05, 3.63) is 0 Å². The predicted octanol–water partition coefficient (Wildman–Crippen LogP) is -0.0749. The lowest BCUT2D eigenvalue weighted by molar-refractivity contribution is 0.00341. The first-order valence-electron chi connectivity index (χ1n) is 3.53. The van der Waals surface area contributed by atoms with Crippen molar-refractivity contribution in [2.75, 3.05) is 13.1 Å². The van der Waals surface area contributed by atoms with Gasteiger partial charge in [-0.2, -0.15) is 0 Å². The number of hydrogen-bond acceptors (Lipinski definition) is 3. The van der Waals surface area contributed by atoms with E-state index in [9.17, 15) is 5.11 Å². The normalized spacial score (nSPS) is 29.3. The Labute approximate surface area is 55.6 Å². The van der Waals surface area contributed by atoms with E-state index < -0.39 is 0 Å². The lowest BCUT2D eigenvalue weighted by Gasteiger charge is -2.19. The average Bonchev–Trinajstić information content (AvgIpc) is 2.18. The van der Waals surface area contributed by atoms with Gasteiger partial charge in [-0.15, -0.1) is 0 Å². The average molecular weight is 130 g/mol. The molecule has 3 heteroatoms. The number of aliphatic hydroxyl groups is 1. The molecule has 0 saturated carbocycles. The van der Waals surface area contributed by atoms with Crippen LogP contribution in [0.4, 0.5) is 0 Å². The Morgan fingerprint density at radius 3 is 3.00 bits per heavy atom. The Kier molecular flexibility index (Phi) is 2.45. The summed E-state index contributed by atoms with van der Waals surface area (Å²) in [6, 6.07) is 0. The predicted molar refractivity (Wildman–Crippen MR) is 35.6 cm³/mol. The molecule has 0 aromatic heterocycles. The van der Waals surface area contributed by atoms with Crippen LogP contribution in [-0.4, -0.2) is 29.4 Å². The molecular formula is C6H14N2O. The van der Waals surface area contributed by atoms with Crippen LogP contribution in [0.25, 0.3) is 0 Å². The highest BCUT2D eigenvalue weighted by Crippen LogP contribution is 2.10. The molecule has 1 atom stereocenters. The fourth-order valence-electron chi connectivity index (χ4n) is 1.14. The molecule has 0 bridgehead atoms. The van der Waals surface area contributed by atoms with Crippen LogP contribution in [-0.2, 0) is 0 Å². The largest absolute Gasteiger partial charge is 0.377 e. The molecule has 9 heavy (non-hydrogen) atoms. The zero-order chi connectivity index (χ0) is 6.69. The number of nitrogens with one attached hydrogen (secondary N) is 1. The fourth-order valence-corrected chi connectivity index (χ4v) is 1.14. The Morgan fingerprint density at radius 1 is 1.78 bits per heavy atom. The third kappa shape index (κ3) is 1.64. The van der Waals surface area contributed by atoms with Crippen LogP contribution in [0, 0.1) is 0 Å². The maximum absolute atomic E-state index is 9.18. The molecule has 54 valence electrons. The zero-order valence-electron chi connectivity index (χ0n) is 5.80. The molecular weight excluding hydrogens is 116 g/mol. The van der Waals surface area contributed by atoms with Crippen LogP contribution in [0.3, 0.4) is 0 Å². The molecule has 0 amide bonds. The number of aliphatic hydroxyl groups excluding tert-OH is 1. The summed E-state index contributed by atoms with van der Waals surface area (Å²) >= 11 is 0. The molecule has 1 rings (SSSR count). The second kappa shape index (κ2) is 3.15. The zero-order valence-corrected chi connectivity index (χ0v) is 5.80. The third-order valence-corrected chi connectivity index (χ3v) is 1.58. The number of hydrazine groups is 1. The molecule has 0 aromatic carbocycles. The molecule has 0 spiro atoms. The van der Waals surface area contributed by atoms with Gasteiger partial charge in [0.25, 0.3) is 0 Å². The van der Waals surface area contributed by atoms with E-state index in [1.807, 2.05) is 11.9 Å². The topological polar surface area (TPSA) is 35.5 Å². The highest BCUT2D eigenvalue weighted by atomic mass is 16.3. The van der Waals surface area contributed by atoms with Crippen molar-refractivity contribution in [1.82, 2.24) is 10.4 Å². The first kappa shape index (κ1) is 6.99. The highest BCUT2D eigenvalue weighted by Gasteiger charge is 2.20. The maximum Gasteiger partial charge on any atom is 0.119 e. The minimum Gasteiger partial charge on any atom is -0.377 e. The van der Waals surface area contributed by atoms with Gasteiger partial charge in [-0.1, -0.05) is 6.92 Å². The second-order valence-corrected chi connectivity index (χ2v) is 2.33. The van der Waals surface area contributed by atoms with Gasteiger partial charge in [0.1, 0.15) is 6.23 Å². The van der Waals surface area contributed by atoms with Gasteiger partial charge in [-0.25, -0.2) is 5.01 Å². The third-order valence-electron chi connectivity index (χ3n) is 1.58. The molecule has 1 fully saturated rings. The number of nitrogens with zero attached hydrogens (tertiary/aromatic N) is 1. The van der Waals surface area contributed by atoms with Crippen LogP contribution in [0.2, 0.25) is 0 Å². The smallest absolute Gasteiger partial charge is 0.119 e. The Balaban J connectivity index is 2.22. The van der Waals surface area contributed by atoms with Gasteiger partial charge in [-0.3, -0.25) is 5.43 Å². The van der Waals surface area contributed by atoms with Crippen LogP contribution < -0.4 is 5.43 Å².